The predicted molar refractivity (Wildman–Crippen MR) is 130 cm³/mol. The summed E-state index contributed by atoms with van der Waals surface area (Å²) < 4.78 is 20.7. The molecule has 0 saturated carbocycles. The second-order valence-electron chi connectivity index (χ2n) is 8.54. The number of unbranched alkanes of at least 4 members (excludes halogenated alkanes) is 3. The van der Waals surface area contributed by atoms with Gasteiger partial charge in [-0.2, -0.15) is 0 Å². The Hall–Kier alpha value is -2.61. The number of halogens is 1. The highest BCUT2D eigenvalue weighted by Gasteiger charge is 2.09. The van der Waals surface area contributed by atoms with Gasteiger partial charge in [-0.25, -0.2) is 4.39 Å². The largest absolute Gasteiger partial charge is 0.494 e. The van der Waals surface area contributed by atoms with E-state index in [2.05, 4.69) is 45.0 Å². The lowest BCUT2D eigenvalue weighted by atomic mass is 9.95. The zero-order valence-electron chi connectivity index (χ0n) is 19.2. The van der Waals surface area contributed by atoms with Gasteiger partial charge in [-0.1, -0.05) is 95.0 Å². The average Bonchev–Trinajstić information content (AvgIpc) is 2.80. The minimum atomic E-state index is -0.200. The maximum atomic E-state index is 14.9. The third kappa shape index (κ3) is 6.69. The number of hydrogen-bond donors (Lipinski definition) is 0. The van der Waals surface area contributed by atoms with E-state index in [1.807, 2.05) is 36.4 Å². The van der Waals surface area contributed by atoms with Gasteiger partial charge in [-0.05, 0) is 59.2 Å². The predicted octanol–water partition coefficient (Wildman–Crippen LogP) is 8.71. The zero-order chi connectivity index (χ0) is 22.1. The van der Waals surface area contributed by atoms with Gasteiger partial charge in [-0.3, -0.25) is 0 Å². The van der Waals surface area contributed by atoms with Gasteiger partial charge < -0.3 is 4.74 Å². The van der Waals surface area contributed by atoms with Gasteiger partial charge in [0.25, 0.3) is 0 Å². The van der Waals surface area contributed by atoms with Crippen LogP contribution in [0.4, 0.5) is 4.39 Å². The van der Waals surface area contributed by atoms with Crippen molar-refractivity contribution in [1.29, 1.82) is 0 Å². The quantitative estimate of drug-likeness (QED) is 0.283. The fraction of sp³-hybridized carbons (Fsp3) is 0.379. The molecule has 0 aromatic heterocycles. The van der Waals surface area contributed by atoms with Gasteiger partial charge in [-0.15, -0.1) is 0 Å². The van der Waals surface area contributed by atoms with Crippen LogP contribution in [0.25, 0.3) is 22.3 Å². The molecule has 0 aliphatic carbocycles. The first-order chi connectivity index (χ1) is 15.1. The van der Waals surface area contributed by atoms with Crippen LogP contribution >= 0.6 is 0 Å². The summed E-state index contributed by atoms with van der Waals surface area (Å²) in [4.78, 5) is 0. The van der Waals surface area contributed by atoms with E-state index in [1.165, 1.54) is 31.2 Å². The summed E-state index contributed by atoms with van der Waals surface area (Å²) in [6, 6.07) is 21.7. The third-order valence-corrected chi connectivity index (χ3v) is 5.97. The molecule has 164 valence electrons. The van der Waals surface area contributed by atoms with Crippen LogP contribution in [0.1, 0.15) is 58.4 Å². The maximum Gasteiger partial charge on any atom is 0.131 e. The molecule has 1 nitrogen and oxygen atoms in total. The maximum absolute atomic E-state index is 14.9. The van der Waals surface area contributed by atoms with Crippen molar-refractivity contribution in [3.63, 3.8) is 0 Å². The van der Waals surface area contributed by atoms with Gasteiger partial charge in [0.1, 0.15) is 11.6 Å². The van der Waals surface area contributed by atoms with E-state index in [4.69, 9.17) is 4.74 Å². The lowest BCUT2D eigenvalue weighted by Gasteiger charge is -2.11. The van der Waals surface area contributed by atoms with Crippen LogP contribution < -0.4 is 4.74 Å². The van der Waals surface area contributed by atoms with Crippen LogP contribution in [0.3, 0.4) is 0 Å². The minimum absolute atomic E-state index is 0.200. The molecule has 0 amide bonds. The van der Waals surface area contributed by atoms with E-state index in [9.17, 15) is 4.39 Å². The van der Waals surface area contributed by atoms with Crippen LogP contribution in [0.15, 0.2) is 66.7 Å². The second-order valence-corrected chi connectivity index (χ2v) is 8.54. The van der Waals surface area contributed by atoms with E-state index < -0.39 is 0 Å². The summed E-state index contributed by atoms with van der Waals surface area (Å²) in [6.45, 7) is 7.43. The molecule has 0 bridgehead atoms. The van der Waals surface area contributed by atoms with Crippen molar-refractivity contribution in [2.24, 2.45) is 5.92 Å². The number of hydrogen-bond acceptors (Lipinski definition) is 1. The van der Waals surface area contributed by atoms with Gasteiger partial charge in [0.2, 0.25) is 0 Å². The highest BCUT2D eigenvalue weighted by molar-refractivity contribution is 5.71. The van der Waals surface area contributed by atoms with Crippen molar-refractivity contribution in [1.82, 2.24) is 0 Å². The first kappa shape index (κ1) is 23.1. The number of rotatable bonds is 11. The molecule has 3 aromatic carbocycles. The lowest BCUT2D eigenvalue weighted by molar-refractivity contribution is 0.305. The van der Waals surface area contributed by atoms with E-state index in [-0.39, 0.29) is 5.82 Å². The number of ether oxygens (including phenoxy) is 1. The first-order valence-electron chi connectivity index (χ1n) is 11.7. The van der Waals surface area contributed by atoms with Crippen molar-refractivity contribution >= 4 is 0 Å². The van der Waals surface area contributed by atoms with Gasteiger partial charge in [0.15, 0.2) is 0 Å². The summed E-state index contributed by atoms with van der Waals surface area (Å²) >= 11 is 0. The van der Waals surface area contributed by atoms with E-state index in [0.29, 0.717) is 11.5 Å². The Kier molecular flexibility index (Phi) is 8.70. The molecule has 0 N–H and O–H groups in total. The highest BCUT2D eigenvalue weighted by atomic mass is 19.1. The second kappa shape index (κ2) is 11.7. The third-order valence-electron chi connectivity index (χ3n) is 5.97. The van der Waals surface area contributed by atoms with Crippen molar-refractivity contribution in [3.8, 4) is 28.0 Å². The molecular weight excluding hydrogens is 383 g/mol. The fourth-order valence-electron chi connectivity index (χ4n) is 3.76. The first-order valence-corrected chi connectivity index (χ1v) is 11.7. The minimum Gasteiger partial charge on any atom is -0.494 e. The Labute approximate surface area is 187 Å². The smallest absolute Gasteiger partial charge is 0.131 e. The van der Waals surface area contributed by atoms with Gasteiger partial charge >= 0.3 is 0 Å². The van der Waals surface area contributed by atoms with Crippen LogP contribution in [0.2, 0.25) is 0 Å². The molecule has 3 aromatic rings. The molecule has 0 aliphatic heterocycles. The van der Waals surface area contributed by atoms with Crippen LogP contribution in [-0.2, 0) is 6.42 Å². The average molecular weight is 419 g/mol. The topological polar surface area (TPSA) is 9.23 Å². The Balaban J connectivity index is 1.65. The molecule has 2 heteroatoms. The summed E-state index contributed by atoms with van der Waals surface area (Å²) in [5.74, 6) is 1.32. The van der Waals surface area contributed by atoms with Gasteiger partial charge in [0.05, 0.1) is 6.61 Å². The molecule has 0 fully saturated rings. The van der Waals surface area contributed by atoms with Crippen molar-refractivity contribution in [2.45, 2.75) is 59.3 Å². The molecule has 0 saturated heterocycles. The molecule has 3 rings (SSSR count). The standard InChI is InChI=1S/C29H35FO/c1-4-6-7-8-19-31-27-16-13-25(14-17-27)28-18-15-26(21-29(28)30)24-11-9-23(10-12-24)20-22(3)5-2/h9-18,21-22H,4-8,19-20H2,1-3H3. The van der Waals surface area contributed by atoms with Crippen molar-refractivity contribution in [2.75, 3.05) is 6.61 Å². The Morgan fingerprint density at radius 2 is 1.45 bits per heavy atom. The van der Waals surface area contributed by atoms with Crippen molar-refractivity contribution < 1.29 is 9.13 Å². The molecule has 0 radical (unpaired) electrons. The molecule has 0 aliphatic rings. The van der Waals surface area contributed by atoms with Crippen molar-refractivity contribution in [3.05, 3.63) is 78.1 Å². The fourth-order valence-corrected chi connectivity index (χ4v) is 3.76. The van der Waals surface area contributed by atoms with Crippen LogP contribution in [-0.4, -0.2) is 6.61 Å². The van der Waals surface area contributed by atoms with Crippen LogP contribution in [0, 0.1) is 11.7 Å². The Morgan fingerprint density at radius 1 is 0.774 bits per heavy atom. The monoisotopic (exact) mass is 418 g/mol. The molecule has 0 heterocycles. The van der Waals surface area contributed by atoms with E-state index in [1.54, 1.807) is 6.07 Å². The number of benzene rings is 3. The Morgan fingerprint density at radius 3 is 2.10 bits per heavy atom. The van der Waals surface area contributed by atoms with E-state index >= 15 is 0 Å². The summed E-state index contributed by atoms with van der Waals surface area (Å²) in [5.41, 5.74) is 4.77. The summed E-state index contributed by atoms with van der Waals surface area (Å²) in [6.07, 6.45) is 7.02. The molecule has 1 atom stereocenters. The SMILES string of the molecule is CCCCCCOc1ccc(-c2ccc(-c3ccc(CC(C)CC)cc3)cc2F)cc1. The Bertz CT molecular complexity index is 928. The zero-order valence-corrected chi connectivity index (χ0v) is 19.2. The van der Waals surface area contributed by atoms with E-state index in [0.717, 1.165) is 41.9 Å². The summed E-state index contributed by atoms with van der Waals surface area (Å²) in [7, 11) is 0. The molecular formula is C29H35FO. The summed E-state index contributed by atoms with van der Waals surface area (Å²) in [5, 5.41) is 0. The lowest BCUT2D eigenvalue weighted by Crippen LogP contribution is -1.97. The van der Waals surface area contributed by atoms with Crippen LogP contribution in [0.5, 0.6) is 5.75 Å². The molecule has 0 spiro atoms. The highest BCUT2D eigenvalue weighted by Crippen LogP contribution is 2.29. The molecule has 1 unspecified atom stereocenters. The normalized spacial score (nSPS) is 12.0. The molecule has 31 heavy (non-hydrogen) atoms. The van der Waals surface area contributed by atoms with Gasteiger partial charge in [0, 0.05) is 5.56 Å².